The van der Waals surface area contributed by atoms with E-state index in [1.165, 1.54) is 6.20 Å². The van der Waals surface area contributed by atoms with E-state index in [2.05, 4.69) is 20.2 Å². The lowest BCUT2D eigenvalue weighted by atomic mass is 10.3. The fraction of sp³-hybridized carbons (Fsp3) is 0.550. The van der Waals surface area contributed by atoms with Crippen molar-refractivity contribution in [2.75, 3.05) is 58.0 Å². The lowest BCUT2D eigenvalue weighted by Gasteiger charge is -2.34. The number of aromatic nitrogens is 4. The molecule has 11 nitrogen and oxygen atoms in total. The predicted molar refractivity (Wildman–Crippen MR) is 117 cm³/mol. The number of halogens is 1. The number of carbonyl (C=O) groups is 1. The average Bonchev–Trinajstić information content (AvgIpc) is 2.80. The van der Waals surface area contributed by atoms with Gasteiger partial charge in [0.05, 0.1) is 48.8 Å². The van der Waals surface area contributed by atoms with E-state index in [0.717, 1.165) is 0 Å². The van der Waals surface area contributed by atoms with Crippen LogP contribution in [0.1, 0.15) is 12.0 Å². The predicted octanol–water partition coefficient (Wildman–Crippen LogP) is 0.671. The Bertz CT molecular complexity index is 933. The van der Waals surface area contributed by atoms with E-state index in [1.807, 2.05) is 9.80 Å². The Morgan fingerprint density at radius 1 is 1.19 bits per heavy atom. The molecule has 1 saturated heterocycles. The number of amides is 1. The molecule has 12 heteroatoms. The molecule has 32 heavy (non-hydrogen) atoms. The van der Waals surface area contributed by atoms with E-state index >= 15 is 0 Å². The molecule has 0 saturated carbocycles. The second kappa shape index (κ2) is 11.7. The van der Waals surface area contributed by atoms with Crippen LogP contribution in [0.15, 0.2) is 23.4 Å². The molecule has 0 bridgehead atoms. The summed E-state index contributed by atoms with van der Waals surface area (Å²) >= 11 is 5.83. The molecule has 0 radical (unpaired) electrons. The molecule has 1 aliphatic rings. The van der Waals surface area contributed by atoms with Crippen molar-refractivity contribution >= 4 is 23.5 Å². The Hall–Kier alpha value is -2.76. The number of ether oxygens (including phenoxy) is 3. The topological polar surface area (TPSA) is 123 Å². The van der Waals surface area contributed by atoms with Gasteiger partial charge in [-0.15, -0.1) is 0 Å². The zero-order valence-corrected chi connectivity index (χ0v) is 18.9. The van der Waals surface area contributed by atoms with Crippen molar-refractivity contribution in [3.8, 4) is 5.75 Å². The first-order valence-electron chi connectivity index (χ1n) is 10.3. The fourth-order valence-corrected chi connectivity index (χ4v) is 3.29. The standard InChI is InChI=1S/C20H27ClN6O5/c1-14-17(11-24-25-19(14)29)32-13-16(12-30-2)31-8-3-18(28)26-4-6-27(7-5-26)20-22-9-15(21)10-23-20/h9-11,16H,3-8,12-13H2,1-2H3,(H,25,29)/t16-/m1/s1. The monoisotopic (exact) mass is 466 g/mol. The zero-order valence-electron chi connectivity index (χ0n) is 18.1. The maximum Gasteiger partial charge on any atom is 0.270 e. The largest absolute Gasteiger partial charge is 0.489 e. The lowest BCUT2D eigenvalue weighted by molar-refractivity contribution is -0.133. The van der Waals surface area contributed by atoms with Gasteiger partial charge in [-0.1, -0.05) is 11.6 Å². The number of nitrogens with zero attached hydrogens (tertiary/aromatic N) is 5. The van der Waals surface area contributed by atoms with Crippen molar-refractivity contribution < 1.29 is 19.0 Å². The minimum absolute atomic E-state index is 0.0217. The molecular formula is C20H27ClN6O5. The van der Waals surface area contributed by atoms with Gasteiger partial charge < -0.3 is 24.0 Å². The summed E-state index contributed by atoms with van der Waals surface area (Å²) in [6.45, 7) is 4.84. The van der Waals surface area contributed by atoms with Gasteiger partial charge in [0.25, 0.3) is 5.56 Å². The smallest absolute Gasteiger partial charge is 0.270 e. The molecule has 0 aliphatic carbocycles. The normalized spacial score (nSPS) is 15.0. The van der Waals surface area contributed by atoms with Crippen LogP contribution in [0.2, 0.25) is 5.02 Å². The SMILES string of the molecule is COC[C@H](COc1cn[nH]c(=O)c1C)OCCC(=O)N1CCN(c2ncc(Cl)cn2)CC1. The number of anilines is 1. The number of aromatic amines is 1. The second-order valence-electron chi connectivity index (χ2n) is 7.27. The number of methoxy groups -OCH3 is 1. The first kappa shape index (κ1) is 23.9. The second-order valence-corrected chi connectivity index (χ2v) is 7.70. The summed E-state index contributed by atoms with van der Waals surface area (Å²) in [7, 11) is 1.56. The summed E-state index contributed by atoms with van der Waals surface area (Å²) in [5.74, 6) is 1.02. The highest BCUT2D eigenvalue weighted by Crippen LogP contribution is 2.14. The Morgan fingerprint density at radius 2 is 1.91 bits per heavy atom. The third kappa shape index (κ3) is 6.62. The molecule has 3 heterocycles. The first-order valence-corrected chi connectivity index (χ1v) is 10.6. The summed E-state index contributed by atoms with van der Waals surface area (Å²) in [5.41, 5.74) is 0.134. The van der Waals surface area contributed by atoms with Crippen molar-refractivity contribution in [3.63, 3.8) is 0 Å². The van der Waals surface area contributed by atoms with Crippen molar-refractivity contribution in [3.05, 3.63) is 39.5 Å². The third-order valence-electron chi connectivity index (χ3n) is 5.03. The van der Waals surface area contributed by atoms with Crippen molar-refractivity contribution in [2.24, 2.45) is 0 Å². The highest BCUT2D eigenvalue weighted by molar-refractivity contribution is 6.30. The van der Waals surface area contributed by atoms with Gasteiger partial charge in [-0.2, -0.15) is 5.10 Å². The van der Waals surface area contributed by atoms with Crippen molar-refractivity contribution in [2.45, 2.75) is 19.4 Å². The maximum atomic E-state index is 12.6. The summed E-state index contributed by atoms with van der Waals surface area (Å²) in [4.78, 5) is 36.4. The van der Waals surface area contributed by atoms with Crippen LogP contribution < -0.4 is 15.2 Å². The van der Waals surface area contributed by atoms with E-state index in [4.69, 9.17) is 25.8 Å². The van der Waals surface area contributed by atoms with Crippen molar-refractivity contribution in [1.82, 2.24) is 25.1 Å². The van der Waals surface area contributed by atoms with Crippen LogP contribution in [0.3, 0.4) is 0 Å². The highest BCUT2D eigenvalue weighted by Gasteiger charge is 2.23. The van der Waals surface area contributed by atoms with Gasteiger partial charge in [0, 0.05) is 33.3 Å². The summed E-state index contributed by atoms with van der Waals surface area (Å²) in [6.07, 6.45) is 4.44. The van der Waals surface area contributed by atoms with E-state index in [1.54, 1.807) is 26.4 Å². The van der Waals surface area contributed by atoms with Crippen molar-refractivity contribution in [1.29, 1.82) is 0 Å². The minimum atomic E-state index is -0.384. The van der Waals surface area contributed by atoms with E-state index in [-0.39, 0.29) is 37.2 Å². The molecule has 0 aromatic carbocycles. The Balaban J connectivity index is 1.41. The van der Waals surface area contributed by atoms with Crippen LogP contribution in [0.25, 0.3) is 0 Å². The minimum Gasteiger partial charge on any atom is -0.489 e. The molecule has 0 spiro atoms. The van der Waals surface area contributed by atoms with Crippen LogP contribution in [0.5, 0.6) is 5.75 Å². The Kier molecular flexibility index (Phi) is 8.77. The van der Waals surface area contributed by atoms with Crippen LogP contribution in [0.4, 0.5) is 5.95 Å². The van der Waals surface area contributed by atoms with Crippen LogP contribution >= 0.6 is 11.6 Å². The quantitative estimate of drug-likeness (QED) is 0.538. The van der Waals surface area contributed by atoms with Gasteiger partial charge in [-0.25, -0.2) is 15.1 Å². The van der Waals surface area contributed by atoms with Crippen LogP contribution in [0, 0.1) is 6.92 Å². The number of piperazine rings is 1. The first-order chi connectivity index (χ1) is 15.5. The van der Waals surface area contributed by atoms with Gasteiger partial charge in [-0.05, 0) is 6.92 Å². The highest BCUT2D eigenvalue weighted by atomic mass is 35.5. The number of nitrogens with one attached hydrogen (secondary N) is 1. The molecule has 0 unspecified atom stereocenters. The third-order valence-corrected chi connectivity index (χ3v) is 5.22. The summed E-state index contributed by atoms with van der Waals surface area (Å²) < 4.78 is 16.6. The number of rotatable bonds is 10. The number of hydrogen-bond donors (Lipinski definition) is 1. The van der Waals surface area contributed by atoms with Gasteiger partial charge in [0.2, 0.25) is 11.9 Å². The summed E-state index contributed by atoms with van der Waals surface area (Å²) in [5, 5.41) is 6.57. The zero-order chi connectivity index (χ0) is 22.9. The molecule has 1 atom stereocenters. The van der Waals surface area contributed by atoms with Crippen LogP contribution in [-0.2, 0) is 14.3 Å². The van der Waals surface area contributed by atoms with Gasteiger partial charge >= 0.3 is 0 Å². The van der Waals surface area contributed by atoms with Gasteiger partial charge in [0.1, 0.15) is 18.5 Å². The Labute approximate surface area is 190 Å². The van der Waals surface area contributed by atoms with Gasteiger partial charge in [0.15, 0.2) is 0 Å². The van der Waals surface area contributed by atoms with Gasteiger partial charge in [-0.3, -0.25) is 9.59 Å². The average molecular weight is 467 g/mol. The molecule has 1 aliphatic heterocycles. The van der Waals surface area contributed by atoms with E-state index in [9.17, 15) is 9.59 Å². The molecule has 3 rings (SSSR count). The summed E-state index contributed by atoms with van der Waals surface area (Å²) in [6, 6.07) is 0. The molecule has 1 N–H and O–H groups in total. The maximum absolute atomic E-state index is 12.6. The fourth-order valence-electron chi connectivity index (χ4n) is 3.20. The Morgan fingerprint density at radius 3 is 2.59 bits per heavy atom. The van der Waals surface area contributed by atoms with E-state index in [0.29, 0.717) is 55.1 Å². The molecular weight excluding hydrogens is 440 g/mol. The molecule has 1 amide bonds. The van der Waals surface area contributed by atoms with E-state index < -0.39 is 0 Å². The lowest BCUT2D eigenvalue weighted by Crippen LogP contribution is -2.49. The van der Waals surface area contributed by atoms with Crippen LogP contribution in [-0.4, -0.2) is 90.2 Å². The molecule has 2 aromatic rings. The molecule has 1 fully saturated rings. The number of hydrogen-bond acceptors (Lipinski definition) is 9. The number of H-pyrrole nitrogens is 1. The molecule has 174 valence electrons. The number of carbonyl (C=O) groups excluding carboxylic acids is 1. The molecule has 2 aromatic heterocycles.